The Bertz CT molecular complexity index is 507. The van der Waals surface area contributed by atoms with Gasteiger partial charge < -0.3 is 4.74 Å². The van der Waals surface area contributed by atoms with Crippen LogP contribution in [0.1, 0.15) is 72.7 Å². The van der Waals surface area contributed by atoms with Crippen molar-refractivity contribution in [2.45, 2.75) is 64.4 Å². The molecule has 1 fully saturated rings. The van der Waals surface area contributed by atoms with E-state index >= 15 is 0 Å². The van der Waals surface area contributed by atoms with E-state index in [9.17, 15) is 4.79 Å². The summed E-state index contributed by atoms with van der Waals surface area (Å²) in [5.74, 6) is 0.956. The minimum Gasteiger partial charge on any atom is -0.368 e. The van der Waals surface area contributed by atoms with Gasteiger partial charge in [-0.3, -0.25) is 4.79 Å². The van der Waals surface area contributed by atoms with Gasteiger partial charge in [-0.2, -0.15) is 0 Å². The molecule has 2 atom stereocenters. The molecule has 4 heteroatoms. The molecule has 2 aliphatic rings. The Balaban J connectivity index is 1.97. The highest BCUT2D eigenvalue weighted by atomic mass is 32.1. The summed E-state index contributed by atoms with van der Waals surface area (Å²) < 4.78 is 6.18. The number of thiazole rings is 1. The molecule has 3 rings (SSSR count). The highest BCUT2D eigenvalue weighted by Crippen LogP contribution is 2.45. The van der Waals surface area contributed by atoms with Crippen molar-refractivity contribution in [3.63, 3.8) is 0 Å². The molecule has 0 saturated heterocycles. The highest BCUT2D eigenvalue weighted by molar-refractivity contribution is 7.14. The first-order valence-electron chi connectivity index (χ1n) is 7.82. The summed E-state index contributed by atoms with van der Waals surface area (Å²) in [6.07, 6.45) is 7.15. The minimum absolute atomic E-state index is 0.227. The largest absolute Gasteiger partial charge is 0.368 e. The number of aromatic nitrogens is 1. The minimum atomic E-state index is -0.227. The van der Waals surface area contributed by atoms with Gasteiger partial charge in [-0.1, -0.05) is 13.3 Å². The number of fused-ring (bicyclic) bond motifs is 1. The lowest BCUT2D eigenvalue weighted by Crippen LogP contribution is -2.35. The Kier molecular flexibility index (Phi) is 3.95. The fraction of sp³-hybridized carbons (Fsp3) is 0.750. The molecule has 0 spiro atoms. The second-order valence-electron chi connectivity index (χ2n) is 6.20. The number of rotatable bonds is 3. The number of carbonyl (C=O) groups excluding carboxylic acids is 1. The van der Waals surface area contributed by atoms with Crippen LogP contribution >= 0.6 is 11.3 Å². The quantitative estimate of drug-likeness (QED) is 0.842. The molecule has 0 bridgehead atoms. The monoisotopic (exact) mass is 293 g/mol. The van der Waals surface area contributed by atoms with Crippen LogP contribution < -0.4 is 0 Å². The van der Waals surface area contributed by atoms with Crippen LogP contribution in [0.2, 0.25) is 0 Å². The lowest BCUT2D eigenvalue weighted by molar-refractivity contribution is -0.0821. The van der Waals surface area contributed by atoms with E-state index in [4.69, 9.17) is 9.72 Å². The number of Topliss-reactive ketones (excluding diaryl/α,β-unsaturated/α-hetero) is 1. The average Bonchev–Trinajstić information content (AvgIpc) is 2.85. The summed E-state index contributed by atoms with van der Waals surface area (Å²) in [7, 11) is 0. The standard InChI is InChI=1S/C16H23NO2S/c1-3-19-16(9-5-6-11(2)10-16)15-17-12-7-4-8-13(18)14(12)20-15/h11H,3-10H2,1-2H3. The Morgan fingerprint density at radius 3 is 2.95 bits per heavy atom. The van der Waals surface area contributed by atoms with Gasteiger partial charge >= 0.3 is 0 Å². The zero-order valence-corrected chi connectivity index (χ0v) is 13.2. The molecule has 20 heavy (non-hydrogen) atoms. The Morgan fingerprint density at radius 1 is 1.40 bits per heavy atom. The number of hydrogen-bond acceptors (Lipinski definition) is 4. The fourth-order valence-corrected chi connectivity index (χ4v) is 4.89. The molecule has 0 radical (unpaired) electrons. The molecule has 0 N–H and O–H groups in total. The molecule has 0 amide bonds. The summed E-state index contributed by atoms with van der Waals surface area (Å²) in [6.45, 7) is 5.07. The third-order valence-electron chi connectivity index (χ3n) is 4.53. The van der Waals surface area contributed by atoms with Crippen LogP contribution in [0.25, 0.3) is 0 Å². The van der Waals surface area contributed by atoms with E-state index in [2.05, 4.69) is 13.8 Å². The van der Waals surface area contributed by atoms with Gasteiger partial charge in [0.25, 0.3) is 0 Å². The van der Waals surface area contributed by atoms with Crippen molar-refractivity contribution in [3.05, 3.63) is 15.6 Å². The van der Waals surface area contributed by atoms with Gasteiger partial charge in [0.1, 0.15) is 10.6 Å². The van der Waals surface area contributed by atoms with E-state index in [-0.39, 0.29) is 11.4 Å². The predicted octanol–water partition coefficient (Wildman–Crippen LogP) is 4.10. The molecular formula is C16H23NO2S. The van der Waals surface area contributed by atoms with Gasteiger partial charge in [-0.05, 0) is 44.9 Å². The number of carbonyl (C=O) groups is 1. The van der Waals surface area contributed by atoms with E-state index in [1.54, 1.807) is 11.3 Å². The lowest BCUT2D eigenvalue weighted by atomic mass is 9.79. The van der Waals surface area contributed by atoms with Crippen LogP contribution in [0, 0.1) is 5.92 Å². The Labute approximate surface area is 124 Å². The SMILES string of the molecule is CCOC1(c2nc3c(s2)C(=O)CCC3)CCCC(C)C1. The van der Waals surface area contributed by atoms with E-state index < -0.39 is 0 Å². The number of ether oxygens (including phenoxy) is 1. The predicted molar refractivity (Wildman–Crippen MR) is 80.3 cm³/mol. The van der Waals surface area contributed by atoms with Gasteiger partial charge in [0.05, 0.1) is 10.6 Å². The fourth-order valence-electron chi connectivity index (χ4n) is 3.63. The van der Waals surface area contributed by atoms with E-state index in [0.29, 0.717) is 18.9 Å². The van der Waals surface area contributed by atoms with Crippen LogP contribution in [0.5, 0.6) is 0 Å². The molecule has 110 valence electrons. The van der Waals surface area contributed by atoms with Gasteiger partial charge in [-0.15, -0.1) is 11.3 Å². The molecule has 2 unspecified atom stereocenters. The number of aryl methyl sites for hydroxylation is 1. The molecule has 1 saturated carbocycles. The highest BCUT2D eigenvalue weighted by Gasteiger charge is 2.41. The maximum absolute atomic E-state index is 12.0. The first-order valence-corrected chi connectivity index (χ1v) is 8.63. The second kappa shape index (κ2) is 5.57. The van der Waals surface area contributed by atoms with E-state index in [0.717, 1.165) is 41.3 Å². The average molecular weight is 293 g/mol. The molecule has 1 aromatic rings. The van der Waals surface area contributed by atoms with Crippen LogP contribution in [0.3, 0.4) is 0 Å². The summed E-state index contributed by atoms with van der Waals surface area (Å²) in [6, 6.07) is 0. The van der Waals surface area contributed by atoms with Gasteiger partial charge in [0, 0.05) is 13.0 Å². The van der Waals surface area contributed by atoms with Gasteiger partial charge in [0.2, 0.25) is 0 Å². The summed E-state index contributed by atoms with van der Waals surface area (Å²) in [5.41, 5.74) is 0.799. The van der Waals surface area contributed by atoms with Crippen molar-refractivity contribution in [2.24, 2.45) is 5.92 Å². The van der Waals surface area contributed by atoms with Crippen molar-refractivity contribution in [1.82, 2.24) is 4.98 Å². The lowest BCUT2D eigenvalue weighted by Gasteiger charge is -2.38. The van der Waals surface area contributed by atoms with Crippen molar-refractivity contribution in [2.75, 3.05) is 6.61 Å². The smallest absolute Gasteiger partial charge is 0.174 e. The normalized spacial score (nSPS) is 30.3. The Hall–Kier alpha value is -0.740. The molecule has 0 aromatic carbocycles. The maximum atomic E-state index is 12.0. The van der Waals surface area contributed by atoms with Crippen LogP contribution in [0.15, 0.2) is 0 Å². The topological polar surface area (TPSA) is 39.2 Å². The van der Waals surface area contributed by atoms with Crippen LogP contribution in [-0.2, 0) is 16.8 Å². The van der Waals surface area contributed by atoms with Crippen LogP contribution in [0.4, 0.5) is 0 Å². The number of hydrogen-bond donors (Lipinski definition) is 0. The molecule has 0 aliphatic heterocycles. The van der Waals surface area contributed by atoms with E-state index in [1.807, 2.05) is 0 Å². The molecular weight excluding hydrogens is 270 g/mol. The van der Waals surface area contributed by atoms with Crippen molar-refractivity contribution >= 4 is 17.1 Å². The second-order valence-corrected chi connectivity index (χ2v) is 7.20. The molecule has 1 aromatic heterocycles. The third kappa shape index (κ3) is 2.44. The number of ketones is 1. The van der Waals surface area contributed by atoms with Gasteiger partial charge in [0.15, 0.2) is 5.78 Å². The number of nitrogens with zero attached hydrogens (tertiary/aromatic N) is 1. The molecule has 1 heterocycles. The van der Waals surface area contributed by atoms with Crippen molar-refractivity contribution < 1.29 is 9.53 Å². The van der Waals surface area contributed by atoms with Crippen molar-refractivity contribution in [3.8, 4) is 0 Å². The zero-order chi connectivity index (χ0) is 14.2. The summed E-state index contributed by atoms with van der Waals surface area (Å²) >= 11 is 1.61. The molecule has 3 nitrogen and oxygen atoms in total. The summed E-state index contributed by atoms with van der Waals surface area (Å²) in [5, 5.41) is 1.06. The van der Waals surface area contributed by atoms with E-state index in [1.165, 1.54) is 12.8 Å². The van der Waals surface area contributed by atoms with Gasteiger partial charge in [-0.25, -0.2) is 4.98 Å². The molecule has 2 aliphatic carbocycles. The summed E-state index contributed by atoms with van der Waals surface area (Å²) in [4.78, 5) is 17.8. The first kappa shape index (κ1) is 14.2. The maximum Gasteiger partial charge on any atom is 0.174 e. The van der Waals surface area contributed by atoms with Crippen LogP contribution in [-0.4, -0.2) is 17.4 Å². The Morgan fingerprint density at radius 2 is 2.25 bits per heavy atom. The zero-order valence-electron chi connectivity index (χ0n) is 12.4. The third-order valence-corrected chi connectivity index (χ3v) is 5.86. The van der Waals surface area contributed by atoms with Crippen molar-refractivity contribution in [1.29, 1.82) is 0 Å². The first-order chi connectivity index (χ1) is 9.64.